The van der Waals surface area contributed by atoms with E-state index in [4.69, 9.17) is 5.73 Å². The molecule has 3 amide bonds. The van der Waals surface area contributed by atoms with Crippen molar-refractivity contribution in [3.05, 3.63) is 35.4 Å². The number of rotatable bonds is 3. The minimum Gasteiger partial charge on any atom is -0.340 e. The fraction of sp³-hybridized carbons (Fsp3) is 0.308. The topological polar surface area (TPSA) is 101 Å². The van der Waals surface area contributed by atoms with Crippen molar-refractivity contribution in [2.45, 2.75) is 25.4 Å². The number of amides is 3. The van der Waals surface area contributed by atoms with E-state index in [0.29, 0.717) is 18.5 Å². The molecule has 1 aromatic carbocycles. The molecule has 1 aromatic rings. The molecule has 100 valence electrons. The molecule has 0 saturated carbocycles. The van der Waals surface area contributed by atoms with Gasteiger partial charge in [-0.3, -0.25) is 19.7 Å². The molecule has 2 rings (SSSR count). The fourth-order valence-corrected chi connectivity index (χ4v) is 1.91. The maximum absolute atomic E-state index is 12.0. The van der Waals surface area contributed by atoms with Crippen molar-refractivity contribution in [2.24, 2.45) is 5.73 Å². The van der Waals surface area contributed by atoms with Gasteiger partial charge in [-0.1, -0.05) is 12.1 Å². The van der Waals surface area contributed by atoms with Crippen LogP contribution in [0.5, 0.6) is 0 Å². The molecule has 0 bridgehead atoms. The molecule has 0 spiro atoms. The molecule has 0 aromatic heterocycles. The van der Waals surface area contributed by atoms with Gasteiger partial charge >= 0.3 is 0 Å². The zero-order valence-corrected chi connectivity index (χ0v) is 10.3. The first kappa shape index (κ1) is 13.2. The Morgan fingerprint density at radius 2 is 2.21 bits per heavy atom. The van der Waals surface area contributed by atoms with Crippen LogP contribution in [0.15, 0.2) is 24.3 Å². The summed E-state index contributed by atoms with van der Waals surface area (Å²) in [5, 5.41) is 4.81. The van der Waals surface area contributed by atoms with Gasteiger partial charge in [0.2, 0.25) is 11.8 Å². The van der Waals surface area contributed by atoms with Crippen molar-refractivity contribution in [2.75, 3.05) is 0 Å². The van der Waals surface area contributed by atoms with Crippen LogP contribution in [0.3, 0.4) is 0 Å². The third-order valence-electron chi connectivity index (χ3n) is 2.97. The smallest absolute Gasteiger partial charge is 0.251 e. The zero-order chi connectivity index (χ0) is 13.8. The second-order valence-electron chi connectivity index (χ2n) is 4.38. The molecular formula is C13H15N3O3. The first-order valence-corrected chi connectivity index (χ1v) is 6.03. The average molecular weight is 261 g/mol. The first-order valence-electron chi connectivity index (χ1n) is 6.03. The maximum atomic E-state index is 12.0. The summed E-state index contributed by atoms with van der Waals surface area (Å²) >= 11 is 0. The number of benzene rings is 1. The van der Waals surface area contributed by atoms with E-state index >= 15 is 0 Å². The van der Waals surface area contributed by atoms with Crippen LogP contribution in [0.4, 0.5) is 0 Å². The Balaban J connectivity index is 2.04. The van der Waals surface area contributed by atoms with Gasteiger partial charge in [0.1, 0.15) is 6.04 Å². The highest BCUT2D eigenvalue weighted by Crippen LogP contribution is 2.08. The van der Waals surface area contributed by atoms with E-state index in [2.05, 4.69) is 10.6 Å². The molecule has 1 aliphatic heterocycles. The van der Waals surface area contributed by atoms with E-state index in [1.54, 1.807) is 18.2 Å². The molecule has 1 saturated heterocycles. The zero-order valence-electron chi connectivity index (χ0n) is 10.3. The van der Waals surface area contributed by atoms with E-state index in [0.717, 1.165) is 5.56 Å². The second-order valence-corrected chi connectivity index (χ2v) is 4.38. The highest BCUT2D eigenvalue weighted by Gasteiger charge is 2.27. The number of hydrogen-bond acceptors (Lipinski definition) is 4. The van der Waals surface area contributed by atoms with Gasteiger partial charge in [-0.2, -0.15) is 0 Å². The lowest BCUT2D eigenvalue weighted by Gasteiger charge is -2.21. The number of nitrogens with one attached hydrogen (secondary N) is 2. The summed E-state index contributed by atoms with van der Waals surface area (Å²) in [5.41, 5.74) is 6.80. The number of carbonyl (C=O) groups excluding carboxylic acids is 3. The Kier molecular flexibility index (Phi) is 3.91. The van der Waals surface area contributed by atoms with Crippen LogP contribution in [0, 0.1) is 0 Å². The fourth-order valence-electron chi connectivity index (χ4n) is 1.91. The van der Waals surface area contributed by atoms with Gasteiger partial charge in [-0.05, 0) is 24.1 Å². The monoisotopic (exact) mass is 261 g/mol. The third kappa shape index (κ3) is 3.17. The van der Waals surface area contributed by atoms with Crippen molar-refractivity contribution >= 4 is 17.7 Å². The molecule has 1 aliphatic rings. The maximum Gasteiger partial charge on any atom is 0.251 e. The Morgan fingerprint density at radius 1 is 1.42 bits per heavy atom. The summed E-state index contributed by atoms with van der Waals surface area (Å²) in [6, 6.07) is 6.23. The highest BCUT2D eigenvalue weighted by atomic mass is 16.2. The standard InChI is InChI=1S/C13H15N3O3/c14-7-8-2-1-3-9(6-8)12(18)15-10-4-5-11(17)16-13(10)19/h1-3,6,10H,4-5,7,14H2,(H,15,18)(H,16,17,19). The van der Waals surface area contributed by atoms with Crippen LogP contribution >= 0.6 is 0 Å². The van der Waals surface area contributed by atoms with Gasteiger partial charge < -0.3 is 11.1 Å². The molecule has 6 nitrogen and oxygen atoms in total. The van der Waals surface area contributed by atoms with E-state index < -0.39 is 11.9 Å². The molecule has 1 atom stereocenters. The Labute approximate surface area is 110 Å². The number of imide groups is 1. The van der Waals surface area contributed by atoms with Crippen LogP contribution < -0.4 is 16.4 Å². The molecule has 6 heteroatoms. The summed E-state index contributed by atoms with van der Waals surface area (Å²) in [4.78, 5) is 34.5. The molecule has 19 heavy (non-hydrogen) atoms. The van der Waals surface area contributed by atoms with Crippen LogP contribution in [0.1, 0.15) is 28.8 Å². The predicted molar refractivity (Wildman–Crippen MR) is 68.0 cm³/mol. The van der Waals surface area contributed by atoms with Crippen molar-refractivity contribution < 1.29 is 14.4 Å². The highest BCUT2D eigenvalue weighted by molar-refractivity contribution is 6.03. The lowest BCUT2D eigenvalue weighted by molar-refractivity contribution is -0.134. The van der Waals surface area contributed by atoms with Crippen LogP contribution in [-0.2, 0) is 16.1 Å². The van der Waals surface area contributed by atoms with Crippen molar-refractivity contribution in [3.8, 4) is 0 Å². The van der Waals surface area contributed by atoms with E-state index in [9.17, 15) is 14.4 Å². The van der Waals surface area contributed by atoms with Crippen LogP contribution in [0.25, 0.3) is 0 Å². The van der Waals surface area contributed by atoms with Crippen molar-refractivity contribution in [1.82, 2.24) is 10.6 Å². The molecule has 0 radical (unpaired) electrons. The SMILES string of the molecule is NCc1cccc(C(=O)NC2CCC(=O)NC2=O)c1. The number of carbonyl (C=O) groups is 3. The van der Waals surface area contributed by atoms with Crippen LogP contribution in [0.2, 0.25) is 0 Å². The molecule has 0 aliphatic carbocycles. The van der Waals surface area contributed by atoms with Gasteiger partial charge in [0, 0.05) is 18.5 Å². The second kappa shape index (κ2) is 5.62. The minimum absolute atomic E-state index is 0.236. The molecule has 4 N–H and O–H groups in total. The van der Waals surface area contributed by atoms with Crippen molar-refractivity contribution in [1.29, 1.82) is 0 Å². The third-order valence-corrected chi connectivity index (χ3v) is 2.97. The molecule has 1 heterocycles. The van der Waals surface area contributed by atoms with Crippen LogP contribution in [-0.4, -0.2) is 23.8 Å². The number of hydrogen-bond donors (Lipinski definition) is 3. The summed E-state index contributed by atoms with van der Waals surface area (Å²) < 4.78 is 0. The van der Waals surface area contributed by atoms with Gasteiger partial charge in [-0.25, -0.2) is 0 Å². The lowest BCUT2D eigenvalue weighted by Crippen LogP contribution is -2.52. The van der Waals surface area contributed by atoms with E-state index in [1.807, 2.05) is 6.07 Å². The quantitative estimate of drug-likeness (QED) is 0.649. The average Bonchev–Trinajstić information content (AvgIpc) is 2.42. The van der Waals surface area contributed by atoms with E-state index in [1.165, 1.54) is 0 Å². The van der Waals surface area contributed by atoms with Crippen molar-refractivity contribution in [3.63, 3.8) is 0 Å². The van der Waals surface area contributed by atoms with Gasteiger partial charge in [0.25, 0.3) is 5.91 Å². The van der Waals surface area contributed by atoms with Gasteiger partial charge in [-0.15, -0.1) is 0 Å². The Bertz CT molecular complexity index is 528. The lowest BCUT2D eigenvalue weighted by atomic mass is 10.0. The molecule has 1 unspecified atom stereocenters. The predicted octanol–water partition coefficient (Wildman–Crippen LogP) is -0.320. The summed E-state index contributed by atoms with van der Waals surface area (Å²) in [6.07, 6.45) is 0.562. The summed E-state index contributed by atoms with van der Waals surface area (Å²) in [5.74, 6) is -1.11. The van der Waals surface area contributed by atoms with E-state index in [-0.39, 0.29) is 18.2 Å². The minimum atomic E-state index is -0.660. The largest absolute Gasteiger partial charge is 0.340 e. The Morgan fingerprint density at radius 3 is 2.89 bits per heavy atom. The normalized spacial score (nSPS) is 18.9. The van der Waals surface area contributed by atoms with Gasteiger partial charge in [0.05, 0.1) is 0 Å². The Hall–Kier alpha value is -2.21. The first-order chi connectivity index (χ1) is 9.10. The summed E-state index contributed by atoms with van der Waals surface area (Å²) in [7, 11) is 0. The molecular weight excluding hydrogens is 246 g/mol. The summed E-state index contributed by atoms with van der Waals surface area (Å²) in [6.45, 7) is 0.347. The number of piperidine rings is 1. The molecule has 1 fully saturated rings. The number of nitrogens with two attached hydrogens (primary N) is 1. The van der Waals surface area contributed by atoms with Gasteiger partial charge in [0.15, 0.2) is 0 Å².